The molecule has 2 aliphatic heterocycles. The molecule has 2 aromatic carbocycles. The molecular weight excluding hydrogens is 632 g/mol. The molecule has 0 saturated carbocycles. The van der Waals surface area contributed by atoms with Crippen molar-refractivity contribution in [1.29, 1.82) is 0 Å². The number of aryl methyl sites for hydroxylation is 1. The molecule has 0 bridgehead atoms. The van der Waals surface area contributed by atoms with Gasteiger partial charge in [0.25, 0.3) is 0 Å². The van der Waals surface area contributed by atoms with E-state index in [9.17, 15) is 28.8 Å². The maximum atomic E-state index is 13.6. The number of ether oxygens (including phenoxy) is 2. The fourth-order valence-electron chi connectivity index (χ4n) is 5.54. The first-order chi connectivity index (χ1) is 23.4. The Bertz CT molecular complexity index is 1520. The van der Waals surface area contributed by atoms with E-state index >= 15 is 0 Å². The molecule has 0 radical (unpaired) electrons. The molecule has 1 fully saturated rings. The van der Waals surface area contributed by atoms with E-state index in [-0.39, 0.29) is 51.0 Å². The number of amides is 6. The van der Waals surface area contributed by atoms with Crippen LogP contribution in [-0.4, -0.2) is 91.4 Å². The Morgan fingerprint density at radius 2 is 1.65 bits per heavy atom. The Labute approximate surface area is 286 Å². The maximum Gasteiger partial charge on any atom is 0.245 e. The van der Waals surface area contributed by atoms with Crippen molar-refractivity contribution in [2.75, 3.05) is 26.9 Å². The van der Waals surface area contributed by atoms with Crippen LogP contribution in [0.3, 0.4) is 0 Å². The highest BCUT2D eigenvalue weighted by Crippen LogP contribution is 2.32. The number of nitrogens with one attached hydrogen (secondary N) is 5. The molecule has 4 rings (SSSR count). The molecule has 0 aliphatic carbocycles. The van der Waals surface area contributed by atoms with Gasteiger partial charge in [0.2, 0.25) is 42.2 Å². The van der Waals surface area contributed by atoms with Gasteiger partial charge in [-0.3, -0.25) is 28.8 Å². The van der Waals surface area contributed by atoms with Gasteiger partial charge in [0, 0.05) is 26.4 Å². The SMILES string of the molecule is CC(C)[C@H]1NC(=O)[C@@H](NC(=O)CCc2ccc3c(c2)OCO3)CCCNC(=O)CN(C)C(=O)[C@H](Cc2ccccc2)NC(=O)[C@@H](C)NC1=O. The van der Waals surface area contributed by atoms with Crippen LogP contribution in [0.1, 0.15) is 51.2 Å². The van der Waals surface area contributed by atoms with Crippen molar-refractivity contribution >= 4 is 35.4 Å². The monoisotopic (exact) mass is 678 g/mol. The molecule has 0 unspecified atom stereocenters. The Balaban J connectivity index is 1.47. The third-order valence-electron chi connectivity index (χ3n) is 8.37. The summed E-state index contributed by atoms with van der Waals surface area (Å²) in [6.07, 6.45) is 1.15. The summed E-state index contributed by atoms with van der Waals surface area (Å²) < 4.78 is 10.7. The van der Waals surface area contributed by atoms with Crippen LogP contribution in [0, 0.1) is 5.92 Å². The van der Waals surface area contributed by atoms with E-state index in [1.165, 1.54) is 18.9 Å². The number of likely N-dealkylation sites (N-methyl/N-ethyl adjacent to an activating group) is 1. The van der Waals surface area contributed by atoms with Crippen molar-refractivity contribution in [3.05, 3.63) is 59.7 Å². The number of benzene rings is 2. The Morgan fingerprint density at radius 3 is 2.39 bits per heavy atom. The third kappa shape index (κ3) is 10.7. The summed E-state index contributed by atoms with van der Waals surface area (Å²) in [6, 6.07) is 10.5. The molecular formula is C35H46N6O8. The zero-order valence-electron chi connectivity index (χ0n) is 28.4. The predicted molar refractivity (Wildman–Crippen MR) is 179 cm³/mol. The lowest BCUT2D eigenvalue weighted by Crippen LogP contribution is -2.59. The average Bonchev–Trinajstić information content (AvgIpc) is 3.54. The first kappa shape index (κ1) is 36.7. The van der Waals surface area contributed by atoms with Gasteiger partial charge in [0.1, 0.15) is 24.2 Å². The Kier molecular flexibility index (Phi) is 13.0. The van der Waals surface area contributed by atoms with Crippen LogP contribution in [-0.2, 0) is 41.6 Å². The zero-order valence-corrected chi connectivity index (χ0v) is 28.4. The molecule has 264 valence electrons. The van der Waals surface area contributed by atoms with Crippen molar-refractivity contribution in [3.8, 4) is 11.5 Å². The van der Waals surface area contributed by atoms with Crippen LogP contribution in [0.25, 0.3) is 0 Å². The van der Waals surface area contributed by atoms with Crippen molar-refractivity contribution < 1.29 is 38.2 Å². The molecule has 14 heteroatoms. The summed E-state index contributed by atoms with van der Waals surface area (Å²) in [5.41, 5.74) is 1.66. The van der Waals surface area contributed by atoms with Crippen molar-refractivity contribution in [2.45, 2.75) is 77.0 Å². The molecule has 2 aliphatic rings. The van der Waals surface area contributed by atoms with Crippen LogP contribution < -0.4 is 36.1 Å². The molecule has 6 amide bonds. The van der Waals surface area contributed by atoms with Gasteiger partial charge in [0.05, 0.1) is 6.54 Å². The van der Waals surface area contributed by atoms with Crippen molar-refractivity contribution in [1.82, 2.24) is 31.5 Å². The first-order valence-corrected chi connectivity index (χ1v) is 16.6. The summed E-state index contributed by atoms with van der Waals surface area (Å²) >= 11 is 0. The predicted octanol–water partition coefficient (Wildman–Crippen LogP) is 0.574. The van der Waals surface area contributed by atoms with Crippen LogP contribution in [0.15, 0.2) is 48.5 Å². The second kappa shape index (κ2) is 17.3. The van der Waals surface area contributed by atoms with Crippen LogP contribution >= 0.6 is 0 Å². The third-order valence-corrected chi connectivity index (χ3v) is 8.37. The topological polar surface area (TPSA) is 184 Å². The molecule has 14 nitrogen and oxygen atoms in total. The lowest BCUT2D eigenvalue weighted by Gasteiger charge is -2.28. The van der Waals surface area contributed by atoms with E-state index in [0.717, 1.165) is 11.1 Å². The highest BCUT2D eigenvalue weighted by Gasteiger charge is 2.32. The van der Waals surface area contributed by atoms with Crippen molar-refractivity contribution in [2.24, 2.45) is 5.92 Å². The standard InChI is InChI=1S/C35H46N6O8/c1-21(2)31-34(46)37-22(3)32(44)39-26(17-23-9-6-5-7-10-23)35(47)41(4)19-30(43)36-16-8-11-25(33(45)40-31)38-29(42)15-13-24-12-14-27-28(18-24)49-20-48-27/h5-7,9-10,12,14,18,21-22,25-26,31H,8,11,13,15-17,19-20H2,1-4H3,(H,36,43)(H,37,46)(H,38,42)(H,39,44)(H,40,45)/t22-,25+,26+,31-/m1/s1. The molecule has 4 atom stereocenters. The molecule has 49 heavy (non-hydrogen) atoms. The van der Waals surface area contributed by atoms with Crippen molar-refractivity contribution in [3.63, 3.8) is 0 Å². The van der Waals surface area contributed by atoms with Crippen LogP contribution in [0.2, 0.25) is 0 Å². The van der Waals surface area contributed by atoms with E-state index in [1.54, 1.807) is 19.9 Å². The lowest BCUT2D eigenvalue weighted by atomic mass is 10.0. The highest BCUT2D eigenvalue weighted by atomic mass is 16.7. The summed E-state index contributed by atoms with van der Waals surface area (Å²) in [5.74, 6) is -2.15. The number of hydrogen-bond acceptors (Lipinski definition) is 8. The highest BCUT2D eigenvalue weighted by molar-refractivity contribution is 5.96. The van der Waals surface area contributed by atoms with E-state index < -0.39 is 53.7 Å². The molecule has 0 aromatic heterocycles. The summed E-state index contributed by atoms with van der Waals surface area (Å²) in [7, 11) is 1.47. The van der Waals surface area contributed by atoms with Gasteiger partial charge in [-0.25, -0.2) is 0 Å². The lowest BCUT2D eigenvalue weighted by molar-refractivity contribution is -0.139. The number of fused-ring (bicyclic) bond motifs is 1. The normalized spacial score (nSPS) is 22.7. The minimum absolute atomic E-state index is 0.0898. The number of carbonyl (C=O) groups excluding carboxylic acids is 6. The van der Waals surface area contributed by atoms with E-state index in [4.69, 9.17) is 9.47 Å². The average molecular weight is 679 g/mol. The first-order valence-electron chi connectivity index (χ1n) is 16.6. The molecule has 5 N–H and O–H groups in total. The molecule has 2 heterocycles. The molecule has 0 spiro atoms. The Hall–Kier alpha value is -5.14. The number of nitrogens with zero attached hydrogens (tertiary/aromatic N) is 1. The fraction of sp³-hybridized carbons (Fsp3) is 0.486. The number of hydrogen-bond donors (Lipinski definition) is 5. The van der Waals surface area contributed by atoms with Gasteiger partial charge < -0.3 is 41.0 Å². The van der Waals surface area contributed by atoms with Crippen LogP contribution in [0.5, 0.6) is 11.5 Å². The molecule has 2 aromatic rings. The minimum Gasteiger partial charge on any atom is -0.454 e. The van der Waals surface area contributed by atoms with E-state index in [1.807, 2.05) is 42.5 Å². The summed E-state index contributed by atoms with van der Waals surface area (Å²) in [4.78, 5) is 80.8. The second-order valence-corrected chi connectivity index (χ2v) is 12.7. The van der Waals surface area contributed by atoms with Gasteiger partial charge in [-0.15, -0.1) is 0 Å². The van der Waals surface area contributed by atoms with Gasteiger partial charge in [-0.05, 0) is 55.4 Å². The quantitative estimate of drug-likeness (QED) is 0.282. The van der Waals surface area contributed by atoms with Gasteiger partial charge in [-0.2, -0.15) is 0 Å². The van der Waals surface area contributed by atoms with Gasteiger partial charge >= 0.3 is 0 Å². The van der Waals surface area contributed by atoms with Gasteiger partial charge in [0.15, 0.2) is 11.5 Å². The van der Waals surface area contributed by atoms with E-state index in [0.29, 0.717) is 24.3 Å². The second-order valence-electron chi connectivity index (χ2n) is 12.7. The largest absolute Gasteiger partial charge is 0.454 e. The zero-order chi connectivity index (χ0) is 35.5. The number of carbonyl (C=O) groups is 6. The molecule has 1 saturated heterocycles. The number of rotatable bonds is 7. The fourth-order valence-corrected chi connectivity index (χ4v) is 5.54. The smallest absolute Gasteiger partial charge is 0.245 e. The van der Waals surface area contributed by atoms with Crippen LogP contribution in [0.4, 0.5) is 0 Å². The summed E-state index contributed by atoms with van der Waals surface area (Å²) in [6.45, 7) is 5.04. The maximum absolute atomic E-state index is 13.6. The Morgan fingerprint density at radius 1 is 0.918 bits per heavy atom. The van der Waals surface area contributed by atoms with Gasteiger partial charge in [-0.1, -0.05) is 50.2 Å². The van der Waals surface area contributed by atoms with E-state index in [2.05, 4.69) is 26.6 Å². The summed E-state index contributed by atoms with van der Waals surface area (Å²) in [5, 5.41) is 13.7. The minimum atomic E-state index is -1.06.